The molecular formula is C19H16N8O. The highest BCUT2D eigenvalue weighted by atomic mass is 16.5. The first kappa shape index (κ1) is 16.4. The molecule has 0 amide bonds. The smallest absolute Gasteiger partial charge is 0.247 e. The molecule has 1 aromatic carbocycles. The Kier molecular flexibility index (Phi) is 3.58. The quantitative estimate of drug-likeness (QED) is 0.528. The van der Waals surface area contributed by atoms with E-state index < -0.39 is 5.41 Å². The summed E-state index contributed by atoms with van der Waals surface area (Å²) in [6, 6.07) is 12.0. The van der Waals surface area contributed by atoms with Crippen LogP contribution in [0.3, 0.4) is 0 Å². The van der Waals surface area contributed by atoms with Crippen molar-refractivity contribution in [3.05, 3.63) is 54.2 Å². The third kappa shape index (κ3) is 2.75. The van der Waals surface area contributed by atoms with Gasteiger partial charge < -0.3 is 4.52 Å². The largest absolute Gasteiger partial charge is 0.337 e. The van der Waals surface area contributed by atoms with Gasteiger partial charge in [-0.1, -0.05) is 34.6 Å². The van der Waals surface area contributed by atoms with Gasteiger partial charge >= 0.3 is 0 Å². The van der Waals surface area contributed by atoms with Gasteiger partial charge in [-0.2, -0.15) is 15.3 Å². The third-order valence-corrected chi connectivity index (χ3v) is 4.98. The fourth-order valence-electron chi connectivity index (χ4n) is 3.10. The highest BCUT2D eigenvalue weighted by Gasteiger charge is 2.50. The molecule has 0 N–H and O–H groups in total. The van der Waals surface area contributed by atoms with E-state index in [-0.39, 0.29) is 0 Å². The Labute approximate surface area is 160 Å². The Hall–Kier alpha value is -3.80. The van der Waals surface area contributed by atoms with Crippen LogP contribution in [-0.2, 0) is 19.0 Å². The van der Waals surface area contributed by atoms with Crippen molar-refractivity contribution >= 4 is 0 Å². The van der Waals surface area contributed by atoms with Crippen LogP contribution in [0.1, 0.15) is 24.3 Å². The standard InChI is InChI=1S/C19H16N8O/c1-26-16(6-9-21-26)15-11-27(25-23-15)10-13-2-4-14(5-3-13)17-22-18(28-24-17)19(12-20)7-8-19/h2-6,9,11H,7-8,10H2,1H3. The van der Waals surface area contributed by atoms with Crippen LogP contribution in [0.25, 0.3) is 22.8 Å². The first-order valence-corrected chi connectivity index (χ1v) is 8.90. The molecule has 3 aromatic heterocycles. The number of nitrogens with zero attached hydrogens (tertiary/aromatic N) is 8. The van der Waals surface area contributed by atoms with Crippen molar-refractivity contribution < 1.29 is 4.52 Å². The average molecular weight is 372 g/mol. The second kappa shape index (κ2) is 6.13. The summed E-state index contributed by atoms with van der Waals surface area (Å²) in [4.78, 5) is 4.40. The second-order valence-corrected chi connectivity index (χ2v) is 6.96. The minimum atomic E-state index is -0.566. The third-order valence-electron chi connectivity index (χ3n) is 4.98. The zero-order valence-corrected chi connectivity index (χ0v) is 15.1. The molecule has 0 bridgehead atoms. The maximum absolute atomic E-state index is 9.25. The van der Waals surface area contributed by atoms with Crippen LogP contribution in [0.15, 0.2) is 47.2 Å². The van der Waals surface area contributed by atoms with Crippen LogP contribution >= 0.6 is 0 Å². The molecule has 0 aliphatic heterocycles. The predicted molar refractivity (Wildman–Crippen MR) is 97.6 cm³/mol. The van der Waals surface area contributed by atoms with Crippen LogP contribution in [0, 0.1) is 11.3 Å². The topological polar surface area (TPSA) is 111 Å². The molecule has 0 saturated heterocycles. The summed E-state index contributed by atoms with van der Waals surface area (Å²) < 4.78 is 8.85. The Morgan fingerprint density at radius 1 is 1.21 bits per heavy atom. The van der Waals surface area contributed by atoms with Crippen molar-refractivity contribution in [3.8, 4) is 28.8 Å². The highest BCUT2D eigenvalue weighted by Crippen LogP contribution is 2.46. The van der Waals surface area contributed by atoms with Gasteiger partial charge in [-0.25, -0.2) is 4.68 Å². The van der Waals surface area contributed by atoms with Gasteiger partial charge in [-0.05, 0) is 24.5 Å². The van der Waals surface area contributed by atoms with Gasteiger partial charge in [0.1, 0.15) is 11.1 Å². The molecule has 3 heterocycles. The van der Waals surface area contributed by atoms with Crippen molar-refractivity contribution in [1.82, 2.24) is 34.9 Å². The van der Waals surface area contributed by atoms with E-state index in [0.29, 0.717) is 18.3 Å². The lowest BCUT2D eigenvalue weighted by atomic mass is 10.1. The number of aromatic nitrogens is 7. The minimum Gasteiger partial charge on any atom is -0.337 e. The molecule has 5 rings (SSSR count). The fourth-order valence-corrected chi connectivity index (χ4v) is 3.10. The van der Waals surface area contributed by atoms with Gasteiger partial charge in [-0.3, -0.25) is 4.68 Å². The van der Waals surface area contributed by atoms with Gasteiger partial charge in [0.15, 0.2) is 0 Å². The normalized spacial score (nSPS) is 14.7. The molecule has 138 valence electrons. The van der Waals surface area contributed by atoms with Gasteiger partial charge in [0.2, 0.25) is 11.7 Å². The zero-order chi connectivity index (χ0) is 19.1. The van der Waals surface area contributed by atoms with E-state index in [2.05, 4.69) is 31.6 Å². The number of hydrogen-bond donors (Lipinski definition) is 0. The first-order valence-electron chi connectivity index (χ1n) is 8.90. The average Bonchev–Trinajstić information content (AvgIpc) is 3.08. The SMILES string of the molecule is Cn1nccc1-c1cn(Cc2ccc(-c3noc(C4(C#N)CC4)n3)cc2)nn1. The van der Waals surface area contributed by atoms with Gasteiger partial charge in [0.25, 0.3) is 0 Å². The summed E-state index contributed by atoms with van der Waals surface area (Å²) in [5.41, 5.74) is 3.05. The molecule has 9 nitrogen and oxygen atoms in total. The van der Waals surface area contributed by atoms with E-state index in [1.807, 2.05) is 43.6 Å². The lowest BCUT2D eigenvalue weighted by molar-refractivity contribution is 0.365. The van der Waals surface area contributed by atoms with Crippen LogP contribution < -0.4 is 0 Å². The number of nitriles is 1. The Balaban J connectivity index is 1.32. The van der Waals surface area contributed by atoms with Crippen LogP contribution in [0.5, 0.6) is 0 Å². The fraction of sp³-hybridized carbons (Fsp3) is 0.263. The summed E-state index contributed by atoms with van der Waals surface area (Å²) in [7, 11) is 1.87. The van der Waals surface area contributed by atoms with Gasteiger partial charge in [0.05, 0.1) is 24.5 Å². The number of benzene rings is 1. The number of hydrogen-bond acceptors (Lipinski definition) is 7. The lowest BCUT2D eigenvalue weighted by Crippen LogP contribution is -2.02. The molecule has 0 radical (unpaired) electrons. The monoisotopic (exact) mass is 372 g/mol. The van der Waals surface area contributed by atoms with E-state index in [1.54, 1.807) is 15.6 Å². The summed E-state index contributed by atoms with van der Waals surface area (Å²) in [6.45, 7) is 0.597. The van der Waals surface area contributed by atoms with Crippen molar-refractivity contribution in [2.75, 3.05) is 0 Å². The van der Waals surface area contributed by atoms with Crippen LogP contribution in [-0.4, -0.2) is 34.9 Å². The molecule has 0 spiro atoms. The Morgan fingerprint density at radius 2 is 2.04 bits per heavy atom. The number of rotatable bonds is 5. The second-order valence-electron chi connectivity index (χ2n) is 6.96. The first-order chi connectivity index (χ1) is 13.7. The molecule has 28 heavy (non-hydrogen) atoms. The minimum absolute atomic E-state index is 0.416. The predicted octanol–water partition coefficient (Wildman–Crippen LogP) is 2.33. The molecule has 9 heteroatoms. The van der Waals surface area contributed by atoms with Crippen molar-refractivity contribution in [3.63, 3.8) is 0 Å². The highest BCUT2D eigenvalue weighted by molar-refractivity contribution is 5.55. The summed E-state index contributed by atoms with van der Waals surface area (Å²) in [6.07, 6.45) is 5.19. The lowest BCUT2D eigenvalue weighted by Gasteiger charge is -2.02. The number of aryl methyl sites for hydroxylation is 1. The molecule has 0 atom stereocenters. The van der Waals surface area contributed by atoms with Crippen LogP contribution in [0.2, 0.25) is 0 Å². The van der Waals surface area contributed by atoms with Gasteiger partial charge in [-0.15, -0.1) is 5.10 Å². The molecule has 1 aliphatic carbocycles. The maximum Gasteiger partial charge on any atom is 0.247 e. The molecular weight excluding hydrogens is 356 g/mol. The van der Waals surface area contributed by atoms with Crippen molar-refractivity contribution in [2.24, 2.45) is 7.05 Å². The maximum atomic E-state index is 9.25. The molecule has 1 fully saturated rings. The van der Waals surface area contributed by atoms with E-state index >= 15 is 0 Å². The van der Waals surface area contributed by atoms with E-state index in [0.717, 1.165) is 35.4 Å². The van der Waals surface area contributed by atoms with Gasteiger partial charge in [0, 0.05) is 18.8 Å². The van der Waals surface area contributed by atoms with Crippen molar-refractivity contribution in [1.29, 1.82) is 5.26 Å². The zero-order valence-electron chi connectivity index (χ0n) is 15.1. The van der Waals surface area contributed by atoms with E-state index in [4.69, 9.17) is 4.52 Å². The van der Waals surface area contributed by atoms with E-state index in [1.165, 1.54) is 0 Å². The molecule has 4 aromatic rings. The summed E-state index contributed by atoms with van der Waals surface area (Å²) in [5, 5.41) is 25.8. The molecule has 1 aliphatic rings. The summed E-state index contributed by atoms with van der Waals surface area (Å²) in [5.74, 6) is 0.918. The van der Waals surface area contributed by atoms with Crippen molar-refractivity contribution in [2.45, 2.75) is 24.8 Å². The van der Waals surface area contributed by atoms with Crippen LogP contribution in [0.4, 0.5) is 0 Å². The van der Waals surface area contributed by atoms with E-state index in [9.17, 15) is 5.26 Å². The Morgan fingerprint density at radius 3 is 2.71 bits per heavy atom. The molecule has 0 unspecified atom stereocenters. The molecule has 1 saturated carbocycles. The Bertz CT molecular complexity index is 1170. The summed E-state index contributed by atoms with van der Waals surface area (Å²) >= 11 is 0.